The SMILES string of the molecule is COC(=O)c1c(NC(=O)CSc2nnc(C(C)Oc3cc(C)c(Cl)c(C)c3)n2C)sc2c1CCCCCC2. The summed E-state index contributed by atoms with van der Waals surface area (Å²) in [4.78, 5) is 26.7. The summed E-state index contributed by atoms with van der Waals surface area (Å²) in [6.45, 7) is 5.79. The van der Waals surface area contributed by atoms with Crippen LogP contribution in [0.3, 0.4) is 0 Å². The second-order valence-electron chi connectivity index (χ2n) is 9.48. The summed E-state index contributed by atoms with van der Waals surface area (Å²) in [5.41, 5.74) is 3.43. The lowest BCUT2D eigenvalue weighted by atomic mass is 9.96. The maximum atomic E-state index is 12.9. The number of benzene rings is 1. The van der Waals surface area contributed by atoms with Crippen LogP contribution in [-0.2, 0) is 29.4 Å². The summed E-state index contributed by atoms with van der Waals surface area (Å²) >= 11 is 9.05. The molecular weight excluding hydrogens is 544 g/mol. The molecule has 1 aliphatic carbocycles. The summed E-state index contributed by atoms with van der Waals surface area (Å²) in [7, 11) is 3.23. The number of anilines is 1. The number of thioether (sulfide) groups is 1. The third-order valence-corrected chi connectivity index (χ3v) is 9.42. The van der Waals surface area contributed by atoms with Gasteiger partial charge in [-0.25, -0.2) is 4.79 Å². The number of rotatable bonds is 8. The smallest absolute Gasteiger partial charge is 0.341 e. The van der Waals surface area contributed by atoms with Gasteiger partial charge in [-0.1, -0.05) is 36.2 Å². The van der Waals surface area contributed by atoms with Crippen LogP contribution in [0.5, 0.6) is 5.75 Å². The van der Waals surface area contributed by atoms with E-state index in [1.165, 1.54) is 41.5 Å². The molecule has 38 heavy (non-hydrogen) atoms. The van der Waals surface area contributed by atoms with Crippen LogP contribution < -0.4 is 10.1 Å². The minimum absolute atomic E-state index is 0.125. The zero-order chi connectivity index (χ0) is 27.4. The van der Waals surface area contributed by atoms with E-state index in [1.807, 2.05) is 44.5 Å². The lowest BCUT2D eigenvalue weighted by Crippen LogP contribution is -2.17. The molecule has 8 nitrogen and oxygen atoms in total. The number of halogens is 1. The number of fused-ring (bicyclic) bond motifs is 1. The Labute approximate surface area is 236 Å². The fourth-order valence-electron chi connectivity index (χ4n) is 4.66. The number of hydrogen-bond acceptors (Lipinski definition) is 8. The van der Waals surface area contributed by atoms with Gasteiger partial charge < -0.3 is 19.4 Å². The Morgan fingerprint density at radius 2 is 1.84 bits per heavy atom. The maximum absolute atomic E-state index is 12.9. The van der Waals surface area contributed by atoms with Gasteiger partial charge in [0.15, 0.2) is 17.1 Å². The molecule has 3 aromatic rings. The van der Waals surface area contributed by atoms with Crippen LogP contribution >= 0.6 is 34.7 Å². The molecular formula is C27H33ClN4O4S2. The number of nitrogens with one attached hydrogen (secondary N) is 1. The zero-order valence-electron chi connectivity index (χ0n) is 22.4. The monoisotopic (exact) mass is 576 g/mol. The van der Waals surface area contributed by atoms with E-state index in [4.69, 9.17) is 21.1 Å². The molecule has 0 saturated carbocycles. The van der Waals surface area contributed by atoms with E-state index in [9.17, 15) is 9.59 Å². The predicted octanol–water partition coefficient (Wildman–Crippen LogP) is 6.46. The van der Waals surface area contributed by atoms with Crippen LogP contribution in [0.25, 0.3) is 0 Å². The van der Waals surface area contributed by atoms with Crippen molar-refractivity contribution in [3.63, 3.8) is 0 Å². The first-order valence-corrected chi connectivity index (χ1v) is 14.9. The quantitative estimate of drug-likeness (QED) is 0.243. The van der Waals surface area contributed by atoms with Gasteiger partial charge in [0, 0.05) is 16.9 Å². The Kier molecular flexibility index (Phi) is 9.38. The third kappa shape index (κ3) is 6.35. The average molecular weight is 577 g/mol. The second kappa shape index (κ2) is 12.5. The molecule has 0 spiro atoms. The van der Waals surface area contributed by atoms with Crippen molar-refractivity contribution in [2.75, 3.05) is 18.2 Å². The van der Waals surface area contributed by atoms with Crippen LogP contribution in [0.15, 0.2) is 17.3 Å². The van der Waals surface area contributed by atoms with Gasteiger partial charge in [0.2, 0.25) is 5.91 Å². The number of nitrogens with zero attached hydrogens (tertiary/aromatic N) is 3. The number of hydrogen-bond donors (Lipinski definition) is 1. The molecule has 11 heteroatoms. The Morgan fingerprint density at radius 3 is 2.53 bits per heavy atom. The van der Waals surface area contributed by atoms with Crippen LogP contribution in [0.4, 0.5) is 5.00 Å². The summed E-state index contributed by atoms with van der Waals surface area (Å²) in [5, 5.41) is 13.4. The third-order valence-electron chi connectivity index (χ3n) is 6.60. The fourth-order valence-corrected chi connectivity index (χ4v) is 6.78. The van der Waals surface area contributed by atoms with Gasteiger partial charge in [0.05, 0.1) is 18.4 Å². The van der Waals surface area contributed by atoms with Crippen molar-refractivity contribution < 1.29 is 19.1 Å². The van der Waals surface area contributed by atoms with Crippen LogP contribution in [0.2, 0.25) is 5.02 Å². The molecule has 2 heterocycles. The highest BCUT2D eigenvalue weighted by atomic mass is 35.5. The number of carbonyl (C=O) groups excluding carboxylic acids is 2. The number of amides is 1. The summed E-state index contributed by atoms with van der Waals surface area (Å²) in [5.74, 6) is 0.864. The molecule has 204 valence electrons. The van der Waals surface area contributed by atoms with Crippen LogP contribution in [0, 0.1) is 13.8 Å². The minimum Gasteiger partial charge on any atom is -0.483 e. The molecule has 1 unspecified atom stereocenters. The zero-order valence-corrected chi connectivity index (χ0v) is 24.7. The molecule has 4 rings (SSSR count). The molecule has 1 aliphatic rings. The molecule has 1 aromatic carbocycles. The number of ether oxygens (including phenoxy) is 2. The number of carbonyl (C=O) groups is 2. The molecule has 2 aromatic heterocycles. The van der Waals surface area contributed by atoms with Gasteiger partial charge in [-0.3, -0.25) is 4.79 Å². The number of esters is 1. The lowest BCUT2D eigenvalue weighted by Gasteiger charge is -2.16. The van der Waals surface area contributed by atoms with Gasteiger partial charge in [0.1, 0.15) is 10.8 Å². The van der Waals surface area contributed by atoms with Crippen molar-refractivity contribution >= 4 is 51.6 Å². The number of methoxy groups -OCH3 is 1. The molecule has 0 bridgehead atoms. The first kappa shape index (κ1) is 28.4. The lowest BCUT2D eigenvalue weighted by molar-refractivity contribution is -0.113. The van der Waals surface area contributed by atoms with E-state index in [1.54, 1.807) is 0 Å². The predicted molar refractivity (Wildman–Crippen MR) is 152 cm³/mol. The highest BCUT2D eigenvalue weighted by Gasteiger charge is 2.26. The van der Waals surface area contributed by atoms with Crippen molar-refractivity contribution in [2.24, 2.45) is 7.05 Å². The van der Waals surface area contributed by atoms with Crippen LogP contribution in [0.1, 0.15) is 76.5 Å². The molecule has 0 radical (unpaired) electrons. The molecule has 1 atom stereocenters. The maximum Gasteiger partial charge on any atom is 0.341 e. The highest BCUT2D eigenvalue weighted by molar-refractivity contribution is 7.99. The summed E-state index contributed by atoms with van der Waals surface area (Å²) < 4.78 is 13.0. The van der Waals surface area contributed by atoms with Gasteiger partial charge in [-0.05, 0) is 75.3 Å². The normalized spacial score (nSPS) is 14.3. The molecule has 0 saturated heterocycles. The van der Waals surface area contributed by atoms with E-state index >= 15 is 0 Å². The van der Waals surface area contributed by atoms with Crippen molar-refractivity contribution in [3.8, 4) is 5.75 Å². The van der Waals surface area contributed by atoms with Gasteiger partial charge in [-0.2, -0.15) is 0 Å². The van der Waals surface area contributed by atoms with Gasteiger partial charge in [0.25, 0.3) is 0 Å². The largest absolute Gasteiger partial charge is 0.483 e. The molecule has 0 aliphatic heterocycles. The topological polar surface area (TPSA) is 95.3 Å². The highest BCUT2D eigenvalue weighted by Crippen LogP contribution is 2.38. The first-order valence-electron chi connectivity index (χ1n) is 12.7. The van der Waals surface area contributed by atoms with Gasteiger partial charge >= 0.3 is 5.97 Å². The van der Waals surface area contributed by atoms with Crippen LogP contribution in [-0.4, -0.2) is 39.5 Å². The van der Waals surface area contributed by atoms with Crippen molar-refractivity contribution in [2.45, 2.75) is 70.6 Å². The van der Waals surface area contributed by atoms with Crippen molar-refractivity contribution in [1.29, 1.82) is 0 Å². The molecule has 0 fully saturated rings. The average Bonchev–Trinajstić information content (AvgIpc) is 3.39. The molecule has 1 N–H and O–H groups in total. The number of aromatic nitrogens is 3. The van der Waals surface area contributed by atoms with Crippen molar-refractivity contribution in [1.82, 2.24) is 14.8 Å². The number of aryl methyl sites for hydroxylation is 3. The first-order chi connectivity index (χ1) is 18.2. The fraction of sp³-hybridized carbons (Fsp3) is 0.481. The molecule has 1 amide bonds. The minimum atomic E-state index is -0.399. The number of thiophene rings is 1. The Morgan fingerprint density at radius 1 is 1.16 bits per heavy atom. The van der Waals surface area contributed by atoms with E-state index < -0.39 is 5.97 Å². The van der Waals surface area contributed by atoms with Gasteiger partial charge in [-0.15, -0.1) is 21.5 Å². The van der Waals surface area contributed by atoms with Crippen molar-refractivity contribution in [3.05, 3.63) is 50.1 Å². The summed E-state index contributed by atoms with van der Waals surface area (Å²) in [6.07, 6.45) is 5.85. The van der Waals surface area contributed by atoms with E-state index in [-0.39, 0.29) is 17.8 Å². The second-order valence-corrected chi connectivity index (χ2v) is 11.9. The standard InChI is InChI=1S/C27H33ClN4O4S2/c1-15-12-18(13-16(2)23(15)28)36-17(3)24-30-31-27(32(24)4)37-14-21(33)29-25-22(26(34)35-5)19-10-8-6-7-9-11-20(19)38-25/h12-13,17H,6-11,14H2,1-5H3,(H,29,33). The summed E-state index contributed by atoms with van der Waals surface area (Å²) in [6, 6.07) is 3.80. The van der Waals surface area contributed by atoms with E-state index in [2.05, 4.69) is 15.5 Å². The Bertz CT molecular complexity index is 1310. The Balaban J connectivity index is 1.42. The Hall–Kier alpha value is -2.56. The van der Waals surface area contributed by atoms with E-state index in [0.29, 0.717) is 27.3 Å². The van der Waals surface area contributed by atoms with E-state index in [0.717, 1.165) is 53.8 Å².